The van der Waals surface area contributed by atoms with Crippen LogP contribution in [0.3, 0.4) is 0 Å². The Kier molecular flexibility index (Phi) is 4.91. The summed E-state index contributed by atoms with van der Waals surface area (Å²) in [4.78, 5) is 0.246. The van der Waals surface area contributed by atoms with E-state index in [2.05, 4.69) is 0 Å². The third kappa shape index (κ3) is 3.22. The van der Waals surface area contributed by atoms with Crippen molar-refractivity contribution in [1.82, 2.24) is 4.31 Å². The van der Waals surface area contributed by atoms with Crippen molar-refractivity contribution in [2.75, 3.05) is 20.2 Å². The summed E-state index contributed by atoms with van der Waals surface area (Å²) in [5.74, 6) is 0.604. The predicted molar refractivity (Wildman–Crippen MR) is 82.9 cm³/mol. The van der Waals surface area contributed by atoms with Gasteiger partial charge in [-0.25, -0.2) is 8.42 Å². The molecule has 118 valence electrons. The Morgan fingerprint density at radius 3 is 2.76 bits per heavy atom. The third-order valence-electron chi connectivity index (χ3n) is 4.22. The lowest BCUT2D eigenvalue weighted by molar-refractivity contribution is 0.230. The van der Waals surface area contributed by atoms with Crippen LogP contribution in [0.2, 0.25) is 0 Å². The molecule has 0 radical (unpaired) electrons. The van der Waals surface area contributed by atoms with Crippen LogP contribution < -0.4 is 10.5 Å². The fourth-order valence-electron chi connectivity index (χ4n) is 2.79. The lowest BCUT2D eigenvalue weighted by Gasteiger charge is -2.35. The minimum absolute atomic E-state index is 0.0841. The smallest absolute Gasteiger partial charge is 0.246 e. The number of sulfonamides is 1. The zero-order valence-corrected chi connectivity index (χ0v) is 13.7. The van der Waals surface area contributed by atoms with Crippen LogP contribution in [0, 0.1) is 12.8 Å². The minimum Gasteiger partial charge on any atom is -0.495 e. The lowest BCUT2D eigenvalue weighted by atomic mass is 9.92. The summed E-state index contributed by atoms with van der Waals surface area (Å²) in [6.45, 7) is 4.88. The molecule has 1 heterocycles. The quantitative estimate of drug-likeness (QED) is 0.919. The SMILES string of the molecule is CCC1CN(S(=O)(=O)c2cc(C)ccc2OC)CCC1N. The molecule has 1 aliphatic heterocycles. The molecule has 0 bridgehead atoms. The maximum atomic E-state index is 12.9. The molecule has 21 heavy (non-hydrogen) atoms. The van der Waals surface area contributed by atoms with Gasteiger partial charge in [0.05, 0.1) is 7.11 Å². The second-order valence-corrected chi connectivity index (χ2v) is 7.54. The van der Waals surface area contributed by atoms with E-state index in [1.54, 1.807) is 16.4 Å². The number of nitrogens with zero attached hydrogens (tertiary/aromatic N) is 1. The van der Waals surface area contributed by atoms with Gasteiger partial charge in [-0.1, -0.05) is 19.4 Å². The number of aryl methyl sites for hydroxylation is 1. The monoisotopic (exact) mass is 312 g/mol. The van der Waals surface area contributed by atoms with Gasteiger partial charge in [0.15, 0.2) is 0 Å². The molecular weight excluding hydrogens is 288 g/mol. The van der Waals surface area contributed by atoms with Crippen LogP contribution in [0.1, 0.15) is 25.3 Å². The molecule has 0 amide bonds. The average Bonchev–Trinajstić information content (AvgIpc) is 2.47. The van der Waals surface area contributed by atoms with Crippen LogP contribution in [-0.4, -0.2) is 39.0 Å². The van der Waals surface area contributed by atoms with Crippen LogP contribution in [0.4, 0.5) is 0 Å². The van der Waals surface area contributed by atoms with E-state index >= 15 is 0 Å². The number of nitrogens with two attached hydrogens (primary N) is 1. The van der Waals surface area contributed by atoms with Crippen molar-refractivity contribution in [3.8, 4) is 5.75 Å². The fourth-order valence-corrected chi connectivity index (χ4v) is 4.54. The Morgan fingerprint density at radius 1 is 1.43 bits per heavy atom. The summed E-state index contributed by atoms with van der Waals surface area (Å²) in [6.07, 6.45) is 1.59. The molecule has 1 aromatic carbocycles. The summed E-state index contributed by atoms with van der Waals surface area (Å²) < 4.78 is 32.5. The van der Waals surface area contributed by atoms with E-state index < -0.39 is 10.0 Å². The molecule has 2 atom stereocenters. The molecule has 2 unspecified atom stereocenters. The van der Waals surface area contributed by atoms with Gasteiger partial charge in [0.1, 0.15) is 10.6 Å². The predicted octanol–water partition coefficient (Wildman–Crippen LogP) is 1.75. The van der Waals surface area contributed by atoms with Gasteiger partial charge in [0.2, 0.25) is 10.0 Å². The topological polar surface area (TPSA) is 72.6 Å². The van der Waals surface area contributed by atoms with Gasteiger partial charge in [0, 0.05) is 19.1 Å². The van der Waals surface area contributed by atoms with Crippen LogP contribution in [-0.2, 0) is 10.0 Å². The van der Waals surface area contributed by atoms with Crippen LogP contribution in [0.5, 0.6) is 5.75 Å². The van der Waals surface area contributed by atoms with Crippen molar-refractivity contribution in [2.45, 2.75) is 37.6 Å². The molecule has 0 spiro atoms. The van der Waals surface area contributed by atoms with Gasteiger partial charge in [-0.3, -0.25) is 0 Å². The van der Waals surface area contributed by atoms with Gasteiger partial charge >= 0.3 is 0 Å². The molecule has 2 rings (SSSR count). The molecule has 6 heteroatoms. The first-order valence-corrected chi connectivity index (χ1v) is 8.74. The normalized spacial score (nSPS) is 24.0. The number of hydrogen-bond acceptors (Lipinski definition) is 4. The highest BCUT2D eigenvalue weighted by molar-refractivity contribution is 7.89. The first-order valence-electron chi connectivity index (χ1n) is 7.30. The highest BCUT2D eigenvalue weighted by Crippen LogP contribution is 2.30. The van der Waals surface area contributed by atoms with Gasteiger partial charge in [-0.2, -0.15) is 4.31 Å². The Labute approximate surface area is 127 Å². The second-order valence-electron chi connectivity index (χ2n) is 5.64. The molecule has 1 aliphatic rings. The van der Waals surface area contributed by atoms with Gasteiger partial charge in [0.25, 0.3) is 0 Å². The van der Waals surface area contributed by atoms with Crippen molar-refractivity contribution in [1.29, 1.82) is 0 Å². The van der Waals surface area contributed by atoms with Crippen molar-refractivity contribution in [2.24, 2.45) is 11.7 Å². The average molecular weight is 312 g/mol. The zero-order valence-electron chi connectivity index (χ0n) is 12.9. The highest BCUT2D eigenvalue weighted by Gasteiger charge is 2.34. The highest BCUT2D eigenvalue weighted by atomic mass is 32.2. The second kappa shape index (κ2) is 6.34. The van der Waals surface area contributed by atoms with E-state index in [0.717, 1.165) is 12.0 Å². The van der Waals surface area contributed by atoms with E-state index in [4.69, 9.17) is 10.5 Å². The lowest BCUT2D eigenvalue weighted by Crippen LogP contribution is -2.48. The number of benzene rings is 1. The Balaban J connectivity index is 2.36. The van der Waals surface area contributed by atoms with Gasteiger partial charge in [-0.05, 0) is 37.0 Å². The number of piperidine rings is 1. The molecule has 5 nitrogen and oxygen atoms in total. The van der Waals surface area contributed by atoms with Crippen molar-refractivity contribution in [3.05, 3.63) is 23.8 Å². The summed E-state index contributed by atoms with van der Waals surface area (Å²) in [6, 6.07) is 5.30. The maximum Gasteiger partial charge on any atom is 0.246 e. The number of methoxy groups -OCH3 is 1. The largest absolute Gasteiger partial charge is 0.495 e. The molecule has 1 saturated heterocycles. The van der Waals surface area contributed by atoms with Crippen LogP contribution >= 0.6 is 0 Å². The minimum atomic E-state index is -3.54. The Bertz CT molecular complexity index is 601. The Morgan fingerprint density at radius 2 is 2.14 bits per heavy atom. The van der Waals surface area contributed by atoms with Crippen molar-refractivity contribution < 1.29 is 13.2 Å². The summed E-state index contributed by atoms with van der Waals surface area (Å²) in [5.41, 5.74) is 6.97. The molecular formula is C15H24N2O3S. The van der Waals surface area contributed by atoms with E-state index in [9.17, 15) is 8.42 Å². The maximum absolute atomic E-state index is 12.9. The standard InChI is InChI=1S/C15H24N2O3S/c1-4-12-10-17(8-7-13(12)16)21(18,19)15-9-11(2)5-6-14(15)20-3/h5-6,9,12-13H,4,7-8,10,16H2,1-3H3. The fraction of sp³-hybridized carbons (Fsp3) is 0.600. The van der Waals surface area contributed by atoms with Gasteiger partial charge < -0.3 is 10.5 Å². The molecule has 0 saturated carbocycles. The van der Waals surface area contributed by atoms with Crippen molar-refractivity contribution >= 4 is 10.0 Å². The van der Waals surface area contributed by atoms with E-state index in [0.29, 0.717) is 25.3 Å². The summed E-state index contributed by atoms with van der Waals surface area (Å²) >= 11 is 0. The number of hydrogen-bond donors (Lipinski definition) is 1. The summed E-state index contributed by atoms with van der Waals surface area (Å²) in [5, 5.41) is 0. The first kappa shape index (κ1) is 16.3. The van der Waals surface area contributed by atoms with Crippen LogP contribution in [0.25, 0.3) is 0 Å². The first-order chi connectivity index (χ1) is 9.90. The molecule has 0 aromatic heterocycles. The van der Waals surface area contributed by atoms with E-state index in [-0.39, 0.29) is 16.9 Å². The summed E-state index contributed by atoms with van der Waals surface area (Å²) in [7, 11) is -2.05. The van der Waals surface area contributed by atoms with Crippen molar-refractivity contribution in [3.63, 3.8) is 0 Å². The zero-order chi connectivity index (χ0) is 15.6. The molecule has 1 aromatic rings. The van der Waals surface area contributed by atoms with E-state index in [1.165, 1.54) is 7.11 Å². The van der Waals surface area contributed by atoms with E-state index in [1.807, 2.05) is 19.9 Å². The van der Waals surface area contributed by atoms with Crippen LogP contribution in [0.15, 0.2) is 23.1 Å². The number of rotatable bonds is 4. The molecule has 2 N–H and O–H groups in total. The Hall–Kier alpha value is -1.11. The number of ether oxygens (including phenoxy) is 1. The molecule has 0 aliphatic carbocycles. The third-order valence-corrected chi connectivity index (χ3v) is 6.10. The molecule has 1 fully saturated rings. The van der Waals surface area contributed by atoms with Gasteiger partial charge in [-0.15, -0.1) is 0 Å².